The van der Waals surface area contributed by atoms with Crippen LogP contribution in [0.5, 0.6) is 0 Å². The number of hydrogen-bond acceptors (Lipinski definition) is 4. The summed E-state index contributed by atoms with van der Waals surface area (Å²) >= 11 is 0. The average Bonchev–Trinajstić information content (AvgIpc) is 2.34. The van der Waals surface area contributed by atoms with Crippen molar-refractivity contribution in [3.05, 3.63) is 35.4 Å². The molecular formula is C12H14N2O4. The Morgan fingerprint density at radius 1 is 1.28 bits per heavy atom. The third kappa shape index (κ3) is 4.25. The van der Waals surface area contributed by atoms with Crippen LogP contribution in [0.2, 0.25) is 0 Å². The lowest BCUT2D eigenvalue weighted by atomic mass is 10.1. The van der Waals surface area contributed by atoms with Crippen molar-refractivity contribution in [2.45, 2.75) is 6.92 Å². The molecule has 0 aliphatic rings. The molecule has 18 heavy (non-hydrogen) atoms. The number of ether oxygens (including phenoxy) is 1. The molecule has 6 nitrogen and oxygen atoms in total. The zero-order chi connectivity index (χ0) is 13.5. The maximum atomic E-state index is 11.6. The van der Waals surface area contributed by atoms with Gasteiger partial charge in [-0.3, -0.25) is 9.59 Å². The van der Waals surface area contributed by atoms with Crippen molar-refractivity contribution in [1.82, 2.24) is 5.32 Å². The minimum atomic E-state index is -0.659. The Kier molecular flexibility index (Phi) is 4.86. The fourth-order valence-corrected chi connectivity index (χ4v) is 1.25. The van der Waals surface area contributed by atoms with E-state index in [4.69, 9.17) is 10.5 Å². The number of esters is 1. The second kappa shape index (κ2) is 6.39. The fraction of sp³-hybridized carbons (Fsp3) is 0.250. The number of benzene rings is 1. The van der Waals surface area contributed by atoms with Gasteiger partial charge in [-0.25, -0.2) is 4.79 Å². The highest BCUT2D eigenvalue weighted by atomic mass is 16.5. The normalized spacial score (nSPS) is 9.61. The first kappa shape index (κ1) is 13.7. The van der Waals surface area contributed by atoms with Crippen molar-refractivity contribution in [2.24, 2.45) is 5.73 Å². The Morgan fingerprint density at radius 3 is 2.56 bits per heavy atom. The van der Waals surface area contributed by atoms with Gasteiger partial charge in [0.2, 0.25) is 5.91 Å². The standard InChI is InChI=1S/C12H14N2O4/c1-8-4-2-3-5-9(8)12(17)18-7-11(16)14-6-10(13)15/h2-5H,6-7H2,1H3,(H2,13,15)(H,14,16). The Balaban J connectivity index is 2.45. The maximum Gasteiger partial charge on any atom is 0.338 e. The maximum absolute atomic E-state index is 11.6. The summed E-state index contributed by atoms with van der Waals surface area (Å²) in [5, 5.41) is 2.21. The minimum Gasteiger partial charge on any atom is -0.452 e. The lowest BCUT2D eigenvalue weighted by molar-refractivity contribution is -0.127. The van der Waals surface area contributed by atoms with E-state index in [0.29, 0.717) is 5.56 Å². The number of nitrogens with two attached hydrogens (primary N) is 1. The Hall–Kier alpha value is -2.37. The quantitative estimate of drug-likeness (QED) is 0.704. The molecule has 0 saturated heterocycles. The van der Waals surface area contributed by atoms with E-state index < -0.39 is 24.4 Å². The molecule has 0 spiro atoms. The molecule has 0 atom stereocenters. The molecule has 0 unspecified atom stereocenters. The van der Waals surface area contributed by atoms with Crippen LogP contribution in [0.25, 0.3) is 0 Å². The minimum absolute atomic E-state index is 0.277. The zero-order valence-electron chi connectivity index (χ0n) is 9.93. The first-order chi connectivity index (χ1) is 8.50. The van der Waals surface area contributed by atoms with Crippen molar-refractivity contribution in [1.29, 1.82) is 0 Å². The summed E-state index contributed by atoms with van der Waals surface area (Å²) in [5.41, 5.74) is 6.01. The van der Waals surface area contributed by atoms with Crippen molar-refractivity contribution in [3.8, 4) is 0 Å². The van der Waals surface area contributed by atoms with Crippen LogP contribution in [-0.4, -0.2) is 30.9 Å². The monoisotopic (exact) mass is 250 g/mol. The smallest absolute Gasteiger partial charge is 0.338 e. The molecule has 0 fully saturated rings. The summed E-state index contributed by atoms with van der Waals surface area (Å²) < 4.78 is 4.80. The number of nitrogens with one attached hydrogen (secondary N) is 1. The van der Waals surface area contributed by atoms with Gasteiger partial charge in [0.05, 0.1) is 12.1 Å². The van der Waals surface area contributed by atoms with Crippen LogP contribution in [0.1, 0.15) is 15.9 Å². The molecule has 6 heteroatoms. The third-order valence-electron chi connectivity index (χ3n) is 2.16. The zero-order valence-corrected chi connectivity index (χ0v) is 9.93. The molecule has 0 bridgehead atoms. The second-order valence-electron chi connectivity index (χ2n) is 3.63. The van der Waals surface area contributed by atoms with E-state index >= 15 is 0 Å². The molecule has 0 radical (unpaired) electrons. The summed E-state index contributed by atoms with van der Waals surface area (Å²) in [5.74, 6) is -1.81. The predicted octanol–water partition coefficient (Wildman–Crippen LogP) is -0.247. The second-order valence-corrected chi connectivity index (χ2v) is 3.63. The first-order valence-electron chi connectivity index (χ1n) is 5.28. The van der Waals surface area contributed by atoms with Gasteiger partial charge in [0.15, 0.2) is 6.61 Å². The number of aryl methyl sites for hydroxylation is 1. The molecule has 96 valence electrons. The van der Waals surface area contributed by atoms with Gasteiger partial charge in [-0.1, -0.05) is 18.2 Å². The topological polar surface area (TPSA) is 98.5 Å². The summed E-state index contributed by atoms with van der Waals surface area (Å²) in [6, 6.07) is 6.88. The van der Waals surface area contributed by atoms with Crippen LogP contribution in [-0.2, 0) is 14.3 Å². The van der Waals surface area contributed by atoms with Crippen LogP contribution >= 0.6 is 0 Å². The van der Waals surface area contributed by atoms with Crippen LogP contribution in [0.4, 0.5) is 0 Å². The van der Waals surface area contributed by atoms with E-state index in [1.54, 1.807) is 31.2 Å². The average molecular weight is 250 g/mol. The van der Waals surface area contributed by atoms with Gasteiger partial charge in [-0.15, -0.1) is 0 Å². The number of amides is 2. The van der Waals surface area contributed by atoms with E-state index in [1.165, 1.54) is 0 Å². The van der Waals surface area contributed by atoms with Crippen molar-refractivity contribution < 1.29 is 19.1 Å². The lowest BCUT2D eigenvalue weighted by Gasteiger charge is -2.06. The number of carbonyl (C=O) groups is 3. The van der Waals surface area contributed by atoms with E-state index in [1.807, 2.05) is 0 Å². The molecule has 0 aliphatic heterocycles. The van der Waals surface area contributed by atoms with Gasteiger partial charge in [-0.2, -0.15) is 0 Å². The summed E-state index contributed by atoms with van der Waals surface area (Å²) in [7, 11) is 0. The Morgan fingerprint density at radius 2 is 1.94 bits per heavy atom. The van der Waals surface area contributed by atoms with Crippen LogP contribution < -0.4 is 11.1 Å². The first-order valence-corrected chi connectivity index (χ1v) is 5.28. The summed E-state index contributed by atoms with van der Waals surface area (Å²) in [4.78, 5) is 33.2. The van der Waals surface area contributed by atoms with Crippen LogP contribution in [0.3, 0.4) is 0 Å². The van der Waals surface area contributed by atoms with Gasteiger partial charge in [0.1, 0.15) is 0 Å². The molecule has 1 aromatic carbocycles. The molecule has 3 N–H and O–H groups in total. The van der Waals surface area contributed by atoms with Gasteiger partial charge in [-0.05, 0) is 18.6 Å². The highest BCUT2D eigenvalue weighted by Crippen LogP contribution is 2.08. The summed E-state index contributed by atoms with van der Waals surface area (Å²) in [6.07, 6.45) is 0. The molecule has 0 saturated carbocycles. The van der Waals surface area contributed by atoms with E-state index in [9.17, 15) is 14.4 Å². The SMILES string of the molecule is Cc1ccccc1C(=O)OCC(=O)NCC(N)=O. The van der Waals surface area contributed by atoms with Crippen molar-refractivity contribution >= 4 is 17.8 Å². The Bertz CT molecular complexity index is 471. The van der Waals surface area contributed by atoms with Gasteiger partial charge in [0.25, 0.3) is 5.91 Å². The molecule has 0 heterocycles. The van der Waals surface area contributed by atoms with Crippen molar-refractivity contribution in [3.63, 3.8) is 0 Å². The molecule has 0 aliphatic carbocycles. The highest BCUT2D eigenvalue weighted by Gasteiger charge is 2.12. The molecular weight excluding hydrogens is 236 g/mol. The predicted molar refractivity (Wildman–Crippen MR) is 63.7 cm³/mol. The molecule has 0 aromatic heterocycles. The number of rotatable bonds is 5. The highest BCUT2D eigenvalue weighted by molar-refractivity contribution is 5.93. The van der Waals surface area contributed by atoms with Crippen molar-refractivity contribution in [2.75, 3.05) is 13.2 Å². The molecule has 2 amide bonds. The Labute approximate surface area is 104 Å². The number of carbonyl (C=O) groups excluding carboxylic acids is 3. The van der Waals surface area contributed by atoms with Gasteiger partial charge < -0.3 is 15.8 Å². The van der Waals surface area contributed by atoms with Crippen LogP contribution in [0, 0.1) is 6.92 Å². The number of hydrogen-bond donors (Lipinski definition) is 2. The fourth-order valence-electron chi connectivity index (χ4n) is 1.25. The van der Waals surface area contributed by atoms with E-state index in [2.05, 4.69) is 5.32 Å². The summed E-state index contributed by atoms with van der Waals surface area (Å²) in [6.45, 7) is 1.05. The number of primary amides is 1. The van der Waals surface area contributed by atoms with Gasteiger partial charge in [0, 0.05) is 0 Å². The molecule has 1 aromatic rings. The van der Waals surface area contributed by atoms with Crippen LogP contribution in [0.15, 0.2) is 24.3 Å². The molecule has 1 rings (SSSR count). The van der Waals surface area contributed by atoms with Gasteiger partial charge >= 0.3 is 5.97 Å². The van der Waals surface area contributed by atoms with E-state index in [-0.39, 0.29) is 6.54 Å². The van der Waals surface area contributed by atoms with E-state index in [0.717, 1.165) is 5.56 Å². The largest absolute Gasteiger partial charge is 0.452 e. The third-order valence-corrected chi connectivity index (χ3v) is 2.16. The lowest BCUT2D eigenvalue weighted by Crippen LogP contribution is -2.36.